The zero-order valence-electron chi connectivity index (χ0n) is 14.8. The van der Waals surface area contributed by atoms with Gasteiger partial charge < -0.3 is 14.9 Å². The standard InChI is InChI=1S/C20H26O5/c1-20(2)13-15-9-6-5-8-14(15)12-17(20)25-11-7-3-4-10-16(18(21)22)19(23)24/h5-6,8-9,12,16H,3-4,7,10-11,13H2,1-2H3,(H,21,22)(H,23,24). The molecule has 0 radical (unpaired) electrons. The molecule has 1 aliphatic carbocycles. The van der Waals surface area contributed by atoms with Crippen LogP contribution in [0.4, 0.5) is 0 Å². The number of carbonyl (C=O) groups is 2. The highest BCUT2D eigenvalue weighted by atomic mass is 16.5. The van der Waals surface area contributed by atoms with E-state index >= 15 is 0 Å². The molecule has 0 atom stereocenters. The Hall–Kier alpha value is -2.30. The van der Waals surface area contributed by atoms with Gasteiger partial charge in [-0.2, -0.15) is 0 Å². The quantitative estimate of drug-likeness (QED) is 0.522. The molecule has 5 heteroatoms. The highest BCUT2D eigenvalue weighted by molar-refractivity contribution is 5.92. The summed E-state index contributed by atoms with van der Waals surface area (Å²) in [7, 11) is 0. The number of rotatable bonds is 9. The maximum atomic E-state index is 10.8. The summed E-state index contributed by atoms with van der Waals surface area (Å²) >= 11 is 0. The lowest BCUT2D eigenvalue weighted by Crippen LogP contribution is -2.24. The highest BCUT2D eigenvalue weighted by Crippen LogP contribution is 2.38. The van der Waals surface area contributed by atoms with Crippen molar-refractivity contribution in [2.75, 3.05) is 6.61 Å². The summed E-state index contributed by atoms with van der Waals surface area (Å²) in [5.74, 6) is -2.87. The van der Waals surface area contributed by atoms with Crippen molar-refractivity contribution in [3.8, 4) is 0 Å². The molecule has 2 N–H and O–H groups in total. The maximum Gasteiger partial charge on any atom is 0.317 e. The van der Waals surface area contributed by atoms with Crippen LogP contribution >= 0.6 is 0 Å². The Labute approximate surface area is 148 Å². The van der Waals surface area contributed by atoms with E-state index in [1.165, 1.54) is 11.1 Å². The van der Waals surface area contributed by atoms with E-state index in [9.17, 15) is 9.59 Å². The summed E-state index contributed by atoms with van der Waals surface area (Å²) in [6.07, 6.45) is 5.30. The molecule has 0 unspecified atom stereocenters. The van der Waals surface area contributed by atoms with Crippen molar-refractivity contribution in [2.45, 2.75) is 46.0 Å². The molecule has 0 saturated heterocycles. The number of fused-ring (bicyclic) bond motifs is 1. The van der Waals surface area contributed by atoms with Crippen LogP contribution in [0.3, 0.4) is 0 Å². The summed E-state index contributed by atoms with van der Waals surface area (Å²) in [6, 6.07) is 8.31. The molecule has 1 aliphatic rings. The van der Waals surface area contributed by atoms with E-state index in [-0.39, 0.29) is 11.8 Å². The largest absolute Gasteiger partial charge is 0.497 e. The molecular weight excluding hydrogens is 320 g/mol. The maximum absolute atomic E-state index is 10.8. The fourth-order valence-electron chi connectivity index (χ4n) is 3.13. The van der Waals surface area contributed by atoms with Crippen molar-refractivity contribution in [3.05, 3.63) is 41.2 Å². The van der Waals surface area contributed by atoms with Crippen molar-refractivity contribution < 1.29 is 24.5 Å². The van der Waals surface area contributed by atoms with Crippen LogP contribution in [0.1, 0.15) is 50.7 Å². The van der Waals surface area contributed by atoms with Gasteiger partial charge >= 0.3 is 11.9 Å². The topological polar surface area (TPSA) is 83.8 Å². The Balaban J connectivity index is 1.79. The van der Waals surface area contributed by atoms with E-state index in [0.29, 0.717) is 13.0 Å². The molecule has 0 amide bonds. The summed E-state index contributed by atoms with van der Waals surface area (Å²) in [4.78, 5) is 21.7. The number of aliphatic carboxylic acids is 2. The third-order valence-electron chi connectivity index (χ3n) is 4.63. The lowest BCUT2D eigenvalue weighted by atomic mass is 9.78. The number of carboxylic acid groups (broad SMARTS) is 2. The van der Waals surface area contributed by atoms with E-state index in [4.69, 9.17) is 14.9 Å². The molecule has 0 heterocycles. The lowest BCUT2D eigenvalue weighted by Gasteiger charge is -2.32. The van der Waals surface area contributed by atoms with E-state index in [0.717, 1.165) is 25.0 Å². The molecule has 136 valence electrons. The fourth-order valence-corrected chi connectivity index (χ4v) is 3.13. The summed E-state index contributed by atoms with van der Waals surface area (Å²) in [5.41, 5.74) is 2.47. The first-order chi connectivity index (χ1) is 11.8. The van der Waals surface area contributed by atoms with Gasteiger partial charge in [0.25, 0.3) is 0 Å². The van der Waals surface area contributed by atoms with Gasteiger partial charge in [0.15, 0.2) is 5.92 Å². The molecule has 2 rings (SSSR count). The van der Waals surface area contributed by atoms with Crippen LogP contribution in [-0.2, 0) is 20.7 Å². The Morgan fingerprint density at radius 1 is 1.12 bits per heavy atom. The van der Waals surface area contributed by atoms with Gasteiger partial charge in [0, 0.05) is 5.41 Å². The average Bonchev–Trinajstić information content (AvgIpc) is 2.52. The number of ether oxygens (including phenoxy) is 1. The van der Waals surface area contributed by atoms with Crippen LogP contribution in [0.5, 0.6) is 0 Å². The fraction of sp³-hybridized carbons (Fsp3) is 0.500. The van der Waals surface area contributed by atoms with Gasteiger partial charge in [-0.25, -0.2) is 0 Å². The molecule has 25 heavy (non-hydrogen) atoms. The predicted molar refractivity (Wildman–Crippen MR) is 95.1 cm³/mol. The Morgan fingerprint density at radius 2 is 1.80 bits per heavy atom. The van der Waals surface area contributed by atoms with Crippen LogP contribution in [0.15, 0.2) is 30.0 Å². The highest BCUT2D eigenvalue weighted by Gasteiger charge is 2.30. The number of hydrogen-bond acceptors (Lipinski definition) is 3. The van der Waals surface area contributed by atoms with Crippen LogP contribution in [0, 0.1) is 11.3 Å². The minimum atomic E-state index is -1.31. The van der Waals surface area contributed by atoms with Gasteiger partial charge in [-0.3, -0.25) is 9.59 Å². The second-order valence-corrected chi connectivity index (χ2v) is 7.19. The molecule has 0 fully saturated rings. The lowest BCUT2D eigenvalue weighted by molar-refractivity contribution is -0.154. The average molecular weight is 346 g/mol. The second kappa shape index (κ2) is 8.19. The molecular formula is C20H26O5. The first kappa shape index (κ1) is 19.0. The monoisotopic (exact) mass is 346 g/mol. The normalized spacial score (nSPS) is 15.4. The van der Waals surface area contributed by atoms with Gasteiger partial charge in [-0.05, 0) is 36.5 Å². The first-order valence-corrected chi connectivity index (χ1v) is 8.70. The van der Waals surface area contributed by atoms with E-state index in [1.54, 1.807) is 0 Å². The molecule has 5 nitrogen and oxygen atoms in total. The van der Waals surface area contributed by atoms with Crippen molar-refractivity contribution in [1.82, 2.24) is 0 Å². The Kier molecular flexibility index (Phi) is 6.23. The Bertz CT molecular complexity index is 646. The molecule has 0 saturated carbocycles. The van der Waals surface area contributed by atoms with Gasteiger partial charge in [0.05, 0.1) is 6.61 Å². The van der Waals surface area contributed by atoms with Crippen LogP contribution in [-0.4, -0.2) is 28.8 Å². The summed E-state index contributed by atoms with van der Waals surface area (Å²) in [5, 5.41) is 17.7. The number of allylic oxidation sites excluding steroid dienone is 1. The smallest absolute Gasteiger partial charge is 0.317 e. The molecule has 0 aliphatic heterocycles. The number of carboxylic acids is 2. The van der Waals surface area contributed by atoms with Crippen LogP contribution < -0.4 is 0 Å². The minimum Gasteiger partial charge on any atom is -0.497 e. The SMILES string of the molecule is CC1(C)Cc2ccccc2C=C1OCCCCCC(C(=O)O)C(=O)O. The van der Waals surface area contributed by atoms with Gasteiger partial charge in [0.1, 0.15) is 5.76 Å². The van der Waals surface area contributed by atoms with Crippen LogP contribution in [0.25, 0.3) is 6.08 Å². The van der Waals surface area contributed by atoms with Crippen molar-refractivity contribution >= 4 is 18.0 Å². The molecule has 1 aromatic carbocycles. The van der Waals surface area contributed by atoms with E-state index in [1.807, 2.05) is 6.07 Å². The zero-order valence-corrected chi connectivity index (χ0v) is 14.8. The van der Waals surface area contributed by atoms with E-state index < -0.39 is 17.9 Å². The number of unbranched alkanes of at least 4 members (excludes halogenated alkanes) is 2. The van der Waals surface area contributed by atoms with Gasteiger partial charge in [0.2, 0.25) is 0 Å². The Morgan fingerprint density at radius 3 is 2.48 bits per heavy atom. The zero-order chi connectivity index (χ0) is 18.4. The van der Waals surface area contributed by atoms with Crippen molar-refractivity contribution in [3.63, 3.8) is 0 Å². The minimum absolute atomic E-state index is 0.0495. The number of benzene rings is 1. The van der Waals surface area contributed by atoms with Crippen molar-refractivity contribution in [1.29, 1.82) is 0 Å². The molecule has 0 aromatic heterocycles. The summed E-state index contributed by atoms with van der Waals surface area (Å²) < 4.78 is 5.99. The van der Waals surface area contributed by atoms with Gasteiger partial charge in [-0.1, -0.05) is 51.0 Å². The van der Waals surface area contributed by atoms with Crippen LogP contribution in [0.2, 0.25) is 0 Å². The summed E-state index contributed by atoms with van der Waals surface area (Å²) in [6.45, 7) is 4.89. The van der Waals surface area contributed by atoms with E-state index in [2.05, 4.69) is 38.1 Å². The molecule has 0 bridgehead atoms. The van der Waals surface area contributed by atoms with Gasteiger partial charge in [-0.15, -0.1) is 0 Å². The first-order valence-electron chi connectivity index (χ1n) is 8.70. The second-order valence-electron chi connectivity index (χ2n) is 7.19. The number of hydrogen-bond donors (Lipinski definition) is 2. The third kappa shape index (κ3) is 5.08. The van der Waals surface area contributed by atoms with Crippen molar-refractivity contribution in [2.24, 2.45) is 11.3 Å². The molecule has 1 aromatic rings. The molecule has 0 spiro atoms. The third-order valence-corrected chi connectivity index (χ3v) is 4.63. The predicted octanol–water partition coefficient (Wildman–Crippen LogP) is 3.97.